The fraction of sp³-hybridized carbons (Fsp3) is 0.533. The Morgan fingerprint density at radius 1 is 1.36 bits per heavy atom. The average Bonchev–Trinajstić information content (AvgIpc) is 2.84. The summed E-state index contributed by atoms with van der Waals surface area (Å²) in [5.41, 5.74) is -0.256. The molecule has 0 aromatic heterocycles. The SMILES string of the molecule is CC(O[C@H]1[C@@H]2CNC[C@]21OC(=O)C(F)(F)F)c1ccccc1. The van der Waals surface area contributed by atoms with E-state index >= 15 is 0 Å². The van der Waals surface area contributed by atoms with Crippen molar-refractivity contribution in [1.29, 1.82) is 0 Å². The molecule has 2 aliphatic rings. The van der Waals surface area contributed by atoms with Gasteiger partial charge in [0, 0.05) is 19.0 Å². The number of piperidine rings is 1. The van der Waals surface area contributed by atoms with Crippen molar-refractivity contribution in [2.75, 3.05) is 13.1 Å². The van der Waals surface area contributed by atoms with Crippen LogP contribution in [0.5, 0.6) is 0 Å². The molecule has 1 heterocycles. The second-order valence-electron chi connectivity index (χ2n) is 5.69. The highest BCUT2D eigenvalue weighted by molar-refractivity contribution is 5.76. The molecule has 120 valence electrons. The number of ether oxygens (including phenoxy) is 2. The van der Waals surface area contributed by atoms with Gasteiger partial charge in [-0.3, -0.25) is 0 Å². The van der Waals surface area contributed by atoms with Crippen LogP contribution in [0.15, 0.2) is 30.3 Å². The van der Waals surface area contributed by atoms with Crippen molar-refractivity contribution >= 4 is 5.97 Å². The highest BCUT2D eigenvalue weighted by Crippen LogP contribution is 2.54. The minimum absolute atomic E-state index is 0.186. The number of benzene rings is 1. The molecule has 3 rings (SSSR count). The second kappa shape index (κ2) is 5.24. The van der Waals surface area contributed by atoms with Crippen LogP contribution in [0.3, 0.4) is 0 Å². The molecule has 1 unspecified atom stereocenters. The molecule has 0 spiro atoms. The van der Waals surface area contributed by atoms with Crippen molar-refractivity contribution in [1.82, 2.24) is 5.32 Å². The molecule has 7 heteroatoms. The van der Waals surface area contributed by atoms with Gasteiger partial charge in [-0.05, 0) is 12.5 Å². The first-order valence-corrected chi connectivity index (χ1v) is 7.06. The average molecular weight is 315 g/mol. The fourth-order valence-electron chi connectivity index (χ4n) is 3.02. The summed E-state index contributed by atoms with van der Waals surface area (Å²) < 4.78 is 47.8. The largest absolute Gasteiger partial charge is 0.490 e. The van der Waals surface area contributed by atoms with Crippen molar-refractivity contribution in [3.8, 4) is 0 Å². The van der Waals surface area contributed by atoms with Gasteiger partial charge in [-0.15, -0.1) is 0 Å². The number of alkyl halides is 3. The highest BCUT2D eigenvalue weighted by Gasteiger charge is 2.73. The lowest BCUT2D eigenvalue weighted by Crippen LogP contribution is -2.38. The second-order valence-corrected chi connectivity index (χ2v) is 5.69. The van der Waals surface area contributed by atoms with Gasteiger partial charge in [-0.2, -0.15) is 13.2 Å². The van der Waals surface area contributed by atoms with E-state index < -0.39 is 23.9 Å². The molecule has 1 aromatic carbocycles. The van der Waals surface area contributed by atoms with E-state index in [9.17, 15) is 18.0 Å². The summed E-state index contributed by atoms with van der Waals surface area (Å²) in [6, 6.07) is 9.37. The zero-order chi connectivity index (χ0) is 16.0. The van der Waals surface area contributed by atoms with Gasteiger partial charge in [0.25, 0.3) is 0 Å². The van der Waals surface area contributed by atoms with Crippen LogP contribution in [0.4, 0.5) is 13.2 Å². The molecule has 4 atom stereocenters. The molecule has 22 heavy (non-hydrogen) atoms. The van der Waals surface area contributed by atoms with Crippen molar-refractivity contribution in [2.24, 2.45) is 5.92 Å². The summed E-state index contributed by atoms with van der Waals surface area (Å²) in [7, 11) is 0. The predicted octanol–water partition coefficient (Wildman–Crippen LogP) is 2.21. The van der Waals surface area contributed by atoms with Crippen LogP contribution < -0.4 is 5.32 Å². The van der Waals surface area contributed by atoms with Gasteiger partial charge in [0.1, 0.15) is 6.10 Å². The number of esters is 1. The zero-order valence-electron chi connectivity index (χ0n) is 11.9. The van der Waals surface area contributed by atoms with E-state index in [2.05, 4.69) is 5.32 Å². The summed E-state index contributed by atoms with van der Waals surface area (Å²) in [6.45, 7) is 2.50. The van der Waals surface area contributed by atoms with E-state index in [0.29, 0.717) is 6.54 Å². The minimum Gasteiger partial charge on any atom is -0.448 e. The molecule has 2 fully saturated rings. The lowest BCUT2D eigenvalue weighted by molar-refractivity contribution is -0.209. The van der Waals surface area contributed by atoms with Crippen LogP contribution in [0.2, 0.25) is 0 Å². The topological polar surface area (TPSA) is 47.6 Å². The lowest BCUT2D eigenvalue weighted by Gasteiger charge is -2.20. The van der Waals surface area contributed by atoms with Gasteiger partial charge in [0.2, 0.25) is 0 Å². The molecular formula is C15H16F3NO3. The fourth-order valence-corrected chi connectivity index (χ4v) is 3.02. The van der Waals surface area contributed by atoms with E-state index in [1.165, 1.54) is 0 Å². The first kappa shape index (κ1) is 15.3. The van der Waals surface area contributed by atoms with Gasteiger partial charge < -0.3 is 14.8 Å². The molecule has 0 amide bonds. The van der Waals surface area contributed by atoms with E-state index in [1.807, 2.05) is 37.3 Å². The maximum atomic E-state index is 12.4. The first-order chi connectivity index (χ1) is 10.3. The van der Waals surface area contributed by atoms with Crippen LogP contribution in [-0.4, -0.2) is 36.9 Å². The van der Waals surface area contributed by atoms with Gasteiger partial charge in [-0.1, -0.05) is 30.3 Å². The molecule has 4 nitrogen and oxygen atoms in total. The van der Waals surface area contributed by atoms with E-state index in [4.69, 9.17) is 9.47 Å². The molecule has 0 bridgehead atoms. The first-order valence-electron chi connectivity index (χ1n) is 7.06. The molecular weight excluding hydrogens is 299 g/mol. The number of hydrogen-bond acceptors (Lipinski definition) is 4. The van der Waals surface area contributed by atoms with Gasteiger partial charge in [-0.25, -0.2) is 4.79 Å². The summed E-state index contributed by atoms with van der Waals surface area (Å²) >= 11 is 0. The Morgan fingerprint density at radius 3 is 2.68 bits per heavy atom. The number of carbonyl (C=O) groups excluding carboxylic acids is 1. The Kier molecular flexibility index (Phi) is 3.65. The van der Waals surface area contributed by atoms with E-state index in [1.54, 1.807) is 0 Å². The number of fused-ring (bicyclic) bond motifs is 1. The monoisotopic (exact) mass is 315 g/mol. The van der Waals surface area contributed by atoms with Crippen LogP contribution in [-0.2, 0) is 14.3 Å². The Balaban J connectivity index is 1.67. The van der Waals surface area contributed by atoms with E-state index in [-0.39, 0.29) is 18.6 Å². The smallest absolute Gasteiger partial charge is 0.448 e. The lowest BCUT2D eigenvalue weighted by atomic mass is 10.1. The maximum Gasteiger partial charge on any atom is 0.490 e. The summed E-state index contributed by atoms with van der Waals surface area (Å²) in [5, 5.41) is 2.94. The molecule has 1 N–H and O–H groups in total. The number of carbonyl (C=O) groups is 1. The van der Waals surface area contributed by atoms with Gasteiger partial charge >= 0.3 is 12.1 Å². The van der Waals surface area contributed by atoms with Gasteiger partial charge in [0.15, 0.2) is 5.60 Å². The van der Waals surface area contributed by atoms with Crippen LogP contribution in [0.25, 0.3) is 0 Å². The molecule has 1 saturated carbocycles. The van der Waals surface area contributed by atoms with Crippen molar-refractivity contribution in [3.05, 3.63) is 35.9 Å². The number of rotatable bonds is 4. The van der Waals surface area contributed by atoms with Crippen molar-refractivity contribution in [3.63, 3.8) is 0 Å². The molecule has 1 saturated heterocycles. The summed E-state index contributed by atoms with van der Waals surface area (Å²) in [4.78, 5) is 11.1. The number of nitrogens with one attached hydrogen (secondary N) is 1. The number of hydrogen-bond donors (Lipinski definition) is 1. The Morgan fingerprint density at radius 2 is 2.05 bits per heavy atom. The van der Waals surface area contributed by atoms with E-state index in [0.717, 1.165) is 5.56 Å². The molecule has 0 radical (unpaired) electrons. The standard InChI is InChI=1S/C15H16F3NO3/c1-9(10-5-3-2-4-6-10)21-12-11-7-19-8-14(11,12)22-13(20)15(16,17)18/h2-6,9,11-12,19H,7-8H2,1H3/t9?,11-,12-,14-/m0/s1. The van der Waals surface area contributed by atoms with Crippen LogP contribution in [0, 0.1) is 5.92 Å². The molecule has 1 aliphatic carbocycles. The molecule has 1 aromatic rings. The van der Waals surface area contributed by atoms with Crippen LogP contribution in [0.1, 0.15) is 18.6 Å². The summed E-state index contributed by atoms with van der Waals surface area (Å²) in [5.74, 6) is -2.38. The quantitative estimate of drug-likeness (QED) is 0.866. The Labute approximate surface area is 125 Å². The Bertz CT molecular complexity index is 563. The predicted molar refractivity (Wildman–Crippen MR) is 71.0 cm³/mol. The van der Waals surface area contributed by atoms with Crippen molar-refractivity contribution in [2.45, 2.75) is 30.9 Å². The minimum atomic E-state index is -4.99. The zero-order valence-corrected chi connectivity index (χ0v) is 11.9. The highest BCUT2D eigenvalue weighted by atomic mass is 19.4. The molecule has 1 aliphatic heterocycles. The summed E-state index contributed by atoms with van der Waals surface area (Å²) in [6.07, 6.45) is -5.77. The third-order valence-electron chi connectivity index (χ3n) is 4.27. The Hall–Kier alpha value is -1.60. The third kappa shape index (κ3) is 2.59. The van der Waals surface area contributed by atoms with Gasteiger partial charge in [0.05, 0.1) is 6.10 Å². The number of halogens is 3. The maximum absolute atomic E-state index is 12.4. The van der Waals surface area contributed by atoms with Crippen LogP contribution >= 0.6 is 0 Å². The van der Waals surface area contributed by atoms with Crippen molar-refractivity contribution < 1.29 is 27.4 Å². The third-order valence-corrected chi connectivity index (χ3v) is 4.27. The normalized spacial score (nSPS) is 31.5.